The van der Waals surface area contributed by atoms with Crippen LogP contribution < -0.4 is 5.32 Å². The van der Waals surface area contributed by atoms with Gasteiger partial charge in [0.1, 0.15) is 0 Å². The Labute approximate surface area is 121 Å². The molecule has 1 atom stereocenters. The highest BCUT2D eigenvalue weighted by Crippen LogP contribution is 2.18. The third-order valence-corrected chi connectivity index (χ3v) is 2.91. The Bertz CT molecular complexity index is 648. The summed E-state index contributed by atoms with van der Waals surface area (Å²) in [5.41, 5.74) is 1.15. The molecule has 7 heteroatoms. The normalized spacial score (nSPS) is 11.9. The summed E-state index contributed by atoms with van der Waals surface area (Å²) in [5, 5.41) is 18.9. The Morgan fingerprint density at radius 1 is 1.29 bits per heavy atom. The maximum atomic E-state index is 11.9. The van der Waals surface area contributed by atoms with Gasteiger partial charge in [0, 0.05) is 24.6 Å². The Hall–Kier alpha value is -2.70. The molecule has 1 aromatic heterocycles. The average molecular weight is 289 g/mol. The first kappa shape index (κ1) is 14.7. The molecule has 0 fully saturated rings. The summed E-state index contributed by atoms with van der Waals surface area (Å²) >= 11 is 0. The van der Waals surface area contributed by atoms with E-state index in [0.29, 0.717) is 22.9 Å². The molecule has 21 heavy (non-hydrogen) atoms. The molecule has 110 valence electrons. The molecule has 0 spiro atoms. The van der Waals surface area contributed by atoms with Gasteiger partial charge < -0.3 is 14.8 Å². The first-order valence-corrected chi connectivity index (χ1v) is 6.39. The first-order chi connectivity index (χ1) is 9.97. The second kappa shape index (κ2) is 6.17. The zero-order chi connectivity index (χ0) is 15.4. The van der Waals surface area contributed by atoms with Crippen molar-refractivity contribution in [1.82, 2.24) is 15.5 Å². The molecular formula is C14H15N3O4. The van der Waals surface area contributed by atoms with Crippen LogP contribution in [0.1, 0.15) is 23.2 Å². The summed E-state index contributed by atoms with van der Waals surface area (Å²) in [6, 6.07) is 6.64. The van der Waals surface area contributed by atoms with E-state index in [2.05, 4.69) is 15.5 Å². The summed E-state index contributed by atoms with van der Waals surface area (Å²) in [7, 11) is 0. The number of rotatable bonds is 5. The van der Waals surface area contributed by atoms with E-state index in [4.69, 9.17) is 9.52 Å². The van der Waals surface area contributed by atoms with Crippen molar-refractivity contribution in [2.75, 3.05) is 6.54 Å². The van der Waals surface area contributed by atoms with Gasteiger partial charge in [-0.15, -0.1) is 10.2 Å². The van der Waals surface area contributed by atoms with Crippen molar-refractivity contribution in [3.05, 3.63) is 35.7 Å². The number of carbonyl (C=O) groups excluding carboxylic acids is 1. The van der Waals surface area contributed by atoms with Gasteiger partial charge in [0.15, 0.2) is 0 Å². The minimum absolute atomic E-state index is 0.0821. The van der Waals surface area contributed by atoms with Crippen LogP contribution in [0.15, 0.2) is 28.7 Å². The highest BCUT2D eigenvalue weighted by Gasteiger charge is 2.13. The molecule has 0 aliphatic rings. The smallest absolute Gasteiger partial charge is 0.308 e. The van der Waals surface area contributed by atoms with E-state index < -0.39 is 11.9 Å². The highest BCUT2D eigenvalue weighted by atomic mass is 16.4. The van der Waals surface area contributed by atoms with Crippen molar-refractivity contribution < 1.29 is 19.1 Å². The Morgan fingerprint density at radius 2 is 1.95 bits per heavy atom. The van der Waals surface area contributed by atoms with E-state index in [1.165, 1.54) is 6.92 Å². The average Bonchev–Trinajstić information content (AvgIpc) is 2.91. The van der Waals surface area contributed by atoms with Gasteiger partial charge in [0.25, 0.3) is 5.91 Å². The molecule has 1 heterocycles. The molecule has 1 aromatic carbocycles. The number of nitrogens with one attached hydrogen (secondary N) is 1. The second-order valence-corrected chi connectivity index (χ2v) is 4.65. The lowest BCUT2D eigenvalue weighted by Gasteiger charge is -2.08. The Morgan fingerprint density at radius 3 is 2.48 bits per heavy atom. The van der Waals surface area contributed by atoms with E-state index in [-0.39, 0.29) is 12.5 Å². The molecule has 7 nitrogen and oxygen atoms in total. The third-order valence-electron chi connectivity index (χ3n) is 2.91. The maximum absolute atomic E-state index is 11.9. The van der Waals surface area contributed by atoms with E-state index in [9.17, 15) is 9.59 Å². The van der Waals surface area contributed by atoms with Gasteiger partial charge in [-0.1, -0.05) is 6.92 Å². The number of aliphatic carboxylic acids is 1. The number of hydrogen-bond acceptors (Lipinski definition) is 5. The summed E-state index contributed by atoms with van der Waals surface area (Å²) in [5.74, 6) is -1.04. The number of benzene rings is 1. The topological polar surface area (TPSA) is 105 Å². The van der Waals surface area contributed by atoms with E-state index in [0.717, 1.165) is 0 Å². The van der Waals surface area contributed by atoms with Crippen molar-refractivity contribution in [3.63, 3.8) is 0 Å². The van der Waals surface area contributed by atoms with Gasteiger partial charge in [-0.05, 0) is 24.3 Å². The van der Waals surface area contributed by atoms with Crippen LogP contribution in [-0.2, 0) is 4.79 Å². The van der Waals surface area contributed by atoms with Crippen LogP contribution in [0.4, 0.5) is 0 Å². The van der Waals surface area contributed by atoms with E-state index >= 15 is 0 Å². The minimum Gasteiger partial charge on any atom is -0.481 e. The standard InChI is InChI=1S/C14H15N3O4/c1-8(14(19)20)7-15-12(18)10-3-5-11(6-4-10)13-17-16-9(2)21-13/h3-6,8H,7H2,1-2H3,(H,15,18)(H,19,20). The number of aryl methyl sites for hydroxylation is 1. The third kappa shape index (κ3) is 3.65. The molecule has 0 aliphatic carbocycles. The molecule has 0 aliphatic heterocycles. The first-order valence-electron chi connectivity index (χ1n) is 6.39. The quantitative estimate of drug-likeness (QED) is 0.864. The van der Waals surface area contributed by atoms with Crippen LogP contribution in [0.5, 0.6) is 0 Å². The van der Waals surface area contributed by atoms with Crippen molar-refractivity contribution in [1.29, 1.82) is 0 Å². The molecule has 0 saturated heterocycles. The van der Waals surface area contributed by atoms with E-state index in [1.54, 1.807) is 31.2 Å². The minimum atomic E-state index is -0.947. The van der Waals surface area contributed by atoms with Crippen molar-refractivity contribution in [2.24, 2.45) is 5.92 Å². The molecule has 2 aromatic rings. The van der Waals surface area contributed by atoms with Gasteiger partial charge in [-0.3, -0.25) is 9.59 Å². The van der Waals surface area contributed by atoms with Crippen molar-refractivity contribution in [2.45, 2.75) is 13.8 Å². The summed E-state index contributed by atoms with van der Waals surface area (Å²) < 4.78 is 5.29. The van der Waals surface area contributed by atoms with Gasteiger partial charge >= 0.3 is 5.97 Å². The molecule has 0 saturated carbocycles. The number of carbonyl (C=O) groups is 2. The monoisotopic (exact) mass is 289 g/mol. The zero-order valence-corrected chi connectivity index (χ0v) is 11.7. The van der Waals surface area contributed by atoms with Crippen LogP contribution >= 0.6 is 0 Å². The number of amides is 1. The molecule has 0 bridgehead atoms. The molecule has 1 amide bonds. The zero-order valence-electron chi connectivity index (χ0n) is 11.7. The summed E-state index contributed by atoms with van der Waals surface area (Å²) in [6.07, 6.45) is 0. The Kier molecular flexibility index (Phi) is 4.32. The fourth-order valence-corrected chi connectivity index (χ4v) is 1.61. The molecule has 2 rings (SSSR count). The van der Waals surface area contributed by atoms with Crippen LogP contribution in [0.25, 0.3) is 11.5 Å². The molecule has 1 unspecified atom stereocenters. The lowest BCUT2D eigenvalue weighted by atomic mass is 10.1. The fraction of sp³-hybridized carbons (Fsp3) is 0.286. The van der Waals surface area contributed by atoms with Gasteiger partial charge in [0.05, 0.1) is 5.92 Å². The van der Waals surface area contributed by atoms with Crippen molar-refractivity contribution >= 4 is 11.9 Å². The maximum Gasteiger partial charge on any atom is 0.308 e. The van der Waals surface area contributed by atoms with E-state index in [1.807, 2.05) is 0 Å². The van der Waals surface area contributed by atoms with Gasteiger partial charge in [-0.25, -0.2) is 0 Å². The van der Waals surface area contributed by atoms with Crippen LogP contribution in [0.2, 0.25) is 0 Å². The lowest BCUT2D eigenvalue weighted by Crippen LogP contribution is -2.31. The largest absolute Gasteiger partial charge is 0.481 e. The van der Waals surface area contributed by atoms with Gasteiger partial charge in [-0.2, -0.15) is 0 Å². The highest BCUT2D eigenvalue weighted by molar-refractivity contribution is 5.94. The number of hydrogen-bond donors (Lipinski definition) is 2. The van der Waals surface area contributed by atoms with Crippen molar-refractivity contribution in [3.8, 4) is 11.5 Å². The molecule has 2 N–H and O–H groups in total. The predicted octanol–water partition coefficient (Wildman–Crippen LogP) is 1.50. The van der Waals surface area contributed by atoms with Gasteiger partial charge in [0.2, 0.25) is 11.8 Å². The van der Waals surface area contributed by atoms with Crippen LogP contribution in [-0.4, -0.2) is 33.7 Å². The van der Waals surface area contributed by atoms with Crippen LogP contribution in [0.3, 0.4) is 0 Å². The molecule has 0 radical (unpaired) electrons. The SMILES string of the molecule is Cc1nnc(-c2ccc(C(=O)NCC(C)C(=O)O)cc2)o1. The number of carboxylic acids is 1. The second-order valence-electron chi connectivity index (χ2n) is 4.65. The summed E-state index contributed by atoms with van der Waals surface area (Å²) in [4.78, 5) is 22.5. The predicted molar refractivity (Wildman–Crippen MR) is 73.6 cm³/mol. The number of aromatic nitrogens is 2. The molecular weight excluding hydrogens is 274 g/mol. The number of nitrogens with zero attached hydrogens (tertiary/aromatic N) is 2. The lowest BCUT2D eigenvalue weighted by molar-refractivity contribution is -0.140. The number of carboxylic acid groups (broad SMARTS) is 1. The van der Waals surface area contributed by atoms with Crippen LogP contribution in [0, 0.1) is 12.8 Å². The Balaban J connectivity index is 2.01. The summed E-state index contributed by atoms with van der Waals surface area (Å²) in [6.45, 7) is 3.31. The fourth-order valence-electron chi connectivity index (χ4n) is 1.61.